The van der Waals surface area contributed by atoms with E-state index in [-0.39, 0.29) is 0 Å². The van der Waals surface area contributed by atoms with Gasteiger partial charge in [0.15, 0.2) is 6.20 Å². The summed E-state index contributed by atoms with van der Waals surface area (Å²) < 4.78 is 12.7. The van der Waals surface area contributed by atoms with Crippen molar-refractivity contribution in [2.24, 2.45) is 7.05 Å². The molecule has 0 bridgehead atoms. The Bertz CT molecular complexity index is 765. The molecule has 0 aliphatic rings. The topological polar surface area (TPSA) is 22.3 Å². The van der Waals surface area contributed by atoms with E-state index in [2.05, 4.69) is 35.0 Å². The zero-order chi connectivity index (χ0) is 13.4. The lowest BCUT2D eigenvalue weighted by Crippen LogP contribution is -2.28. The first kappa shape index (κ1) is 11.8. The van der Waals surface area contributed by atoms with E-state index >= 15 is 0 Å². The Morgan fingerprint density at radius 1 is 0.842 bits per heavy atom. The molecule has 0 atom stereocenters. The molecule has 3 heteroatoms. The van der Waals surface area contributed by atoms with E-state index in [1.807, 2.05) is 19.2 Å². The molecule has 3 aromatic rings. The van der Waals surface area contributed by atoms with Gasteiger partial charge in [0.2, 0.25) is 5.52 Å². The number of aryl methyl sites for hydroxylation is 1. The van der Waals surface area contributed by atoms with Crippen molar-refractivity contribution in [1.29, 1.82) is 0 Å². The first-order valence-electron chi connectivity index (χ1n) is 6.17. The van der Waals surface area contributed by atoms with Crippen LogP contribution in [-0.2, 0) is 7.05 Å². The fourth-order valence-corrected chi connectivity index (χ4v) is 2.46. The molecule has 0 unspecified atom stereocenters. The van der Waals surface area contributed by atoms with Crippen LogP contribution in [0.25, 0.3) is 21.7 Å². The van der Waals surface area contributed by atoms with Gasteiger partial charge >= 0.3 is 0 Å². The minimum atomic E-state index is 0.871. The van der Waals surface area contributed by atoms with Crippen LogP contribution >= 0.6 is 0 Å². The van der Waals surface area contributed by atoms with Crippen LogP contribution in [0.2, 0.25) is 0 Å². The summed E-state index contributed by atoms with van der Waals surface area (Å²) in [6, 6.07) is 12.3. The number of hydrogen-bond acceptors (Lipinski definition) is 2. The van der Waals surface area contributed by atoms with Crippen LogP contribution in [0.4, 0.5) is 0 Å². The lowest BCUT2D eigenvalue weighted by Gasteiger charge is -2.06. The van der Waals surface area contributed by atoms with E-state index in [1.54, 1.807) is 14.2 Å². The number of aromatic nitrogens is 1. The summed E-state index contributed by atoms with van der Waals surface area (Å²) in [5.74, 6) is 1.75. The SMILES string of the molecule is COc1ccc2c(c1)c[n+](C)c1cc(OC)ccc21. The highest BCUT2D eigenvalue weighted by atomic mass is 16.5. The van der Waals surface area contributed by atoms with Crippen LogP contribution < -0.4 is 14.0 Å². The molecule has 3 rings (SSSR count). The predicted molar refractivity (Wildman–Crippen MR) is 75.7 cm³/mol. The first-order valence-corrected chi connectivity index (χ1v) is 6.17. The molecular weight excluding hydrogens is 238 g/mol. The minimum absolute atomic E-state index is 0.871. The second kappa shape index (κ2) is 4.43. The maximum absolute atomic E-state index is 5.29. The number of pyridine rings is 1. The minimum Gasteiger partial charge on any atom is -0.497 e. The van der Waals surface area contributed by atoms with E-state index < -0.39 is 0 Å². The molecule has 2 aromatic carbocycles. The molecule has 0 amide bonds. The summed E-state index contributed by atoms with van der Waals surface area (Å²) in [6.45, 7) is 0. The van der Waals surface area contributed by atoms with Crippen molar-refractivity contribution in [2.45, 2.75) is 0 Å². The maximum Gasteiger partial charge on any atom is 0.216 e. The predicted octanol–water partition coefficient (Wildman–Crippen LogP) is 2.83. The highest BCUT2D eigenvalue weighted by Crippen LogP contribution is 2.27. The molecule has 0 saturated carbocycles. The van der Waals surface area contributed by atoms with Crippen LogP contribution in [0.15, 0.2) is 42.6 Å². The molecule has 0 aliphatic heterocycles. The first-order chi connectivity index (χ1) is 9.22. The monoisotopic (exact) mass is 254 g/mol. The van der Waals surface area contributed by atoms with Gasteiger partial charge in [-0.2, -0.15) is 0 Å². The third kappa shape index (κ3) is 1.87. The molecule has 1 aromatic heterocycles. The maximum atomic E-state index is 5.29. The summed E-state index contributed by atoms with van der Waals surface area (Å²) in [7, 11) is 5.42. The molecule has 19 heavy (non-hydrogen) atoms. The van der Waals surface area contributed by atoms with E-state index in [0.29, 0.717) is 0 Å². The zero-order valence-electron chi connectivity index (χ0n) is 11.3. The fraction of sp³-hybridized carbons (Fsp3) is 0.188. The van der Waals surface area contributed by atoms with Crippen LogP contribution in [-0.4, -0.2) is 14.2 Å². The van der Waals surface area contributed by atoms with Gasteiger partial charge in [-0.05, 0) is 30.3 Å². The zero-order valence-corrected chi connectivity index (χ0v) is 11.3. The Balaban J connectivity index is 2.39. The molecule has 1 heterocycles. The van der Waals surface area contributed by atoms with Gasteiger partial charge in [-0.3, -0.25) is 0 Å². The standard InChI is InChI=1S/C16H16NO2/c1-17-10-11-8-12(18-2)4-6-14(11)15-7-5-13(19-3)9-16(15)17/h4-10H,1-3H3/q+1. The normalized spacial score (nSPS) is 10.9. The van der Waals surface area contributed by atoms with E-state index in [4.69, 9.17) is 9.47 Å². The third-order valence-corrected chi connectivity index (χ3v) is 3.47. The van der Waals surface area contributed by atoms with Gasteiger partial charge in [0.1, 0.15) is 18.5 Å². The number of methoxy groups -OCH3 is 2. The molecule has 0 N–H and O–H groups in total. The summed E-state index contributed by atoms with van der Waals surface area (Å²) in [6.07, 6.45) is 2.11. The van der Waals surface area contributed by atoms with Crippen LogP contribution in [0.3, 0.4) is 0 Å². The summed E-state index contributed by atoms with van der Waals surface area (Å²) >= 11 is 0. The smallest absolute Gasteiger partial charge is 0.216 e. The molecule has 96 valence electrons. The number of benzene rings is 2. The highest BCUT2D eigenvalue weighted by Gasteiger charge is 2.12. The Hall–Kier alpha value is -2.29. The second-order valence-corrected chi connectivity index (χ2v) is 4.58. The number of nitrogens with zero attached hydrogens (tertiary/aromatic N) is 1. The number of rotatable bonds is 2. The fourth-order valence-electron chi connectivity index (χ4n) is 2.46. The van der Waals surface area contributed by atoms with Gasteiger partial charge in [0, 0.05) is 5.39 Å². The van der Waals surface area contributed by atoms with Gasteiger partial charge in [-0.25, -0.2) is 4.57 Å². The lowest BCUT2D eigenvalue weighted by molar-refractivity contribution is -0.643. The third-order valence-electron chi connectivity index (χ3n) is 3.47. The summed E-state index contributed by atoms with van der Waals surface area (Å²) in [5, 5.41) is 3.60. The molecule has 0 radical (unpaired) electrons. The Morgan fingerprint density at radius 2 is 1.47 bits per heavy atom. The van der Waals surface area contributed by atoms with Crippen LogP contribution in [0.1, 0.15) is 0 Å². The van der Waals surface area contributed by atoms with Crippen molar-refractivity contribution in [3.05, 3.63) is 42.6 Å². The van der Waals surface area contributed by atoms with Crippen molar-refractivity contribution in [3.8, 4) is 11.5 Å². The van der Waals surface area contributed by atoms with Gasteiger partial charge in [0.05, 0.1) is 31.1 Å². The van der Waals surface area contributed by atoms with Gasteiger partial charge in [-0.15, -0.1) is 0 Å². The molecular formula is C16H16NO2+. The van der Waals surface area contributed by atoms with Crippen molar-refractivity contribution in [2.75, 3.05) is 14.2 Å². The lowest BCUT2D eigenvalue weighted by atomic mass is 10.1. The average Bonchev–Trinajstić information content (AvgIpc) is 2.46. The van der Waals surface area contributed by atoms with E-state index in [1.165, 1.54) is 16.2 Å². The largest absolute Gasteiger partial charge is 0.497 e. The number of hydrogen-bond donors (Lipinski definition) is 0. The molecule has 0 fully saturated rings. The van der Waals surface area contributed by atoms with Crippen molar-refractivity contribution < 1.29 is 14.0 Å². The molecule has 0 saturated heterocycles. The van der Waals surface area contributed by atoms with Crippen molar-refractivity contribution in [1.82, 2.24) is 0 Å². The number of ether oxygens (including phenoxy) is 2. The van der Waals surface area contributed by atoms with Gasteiger partial charge < -0.3 is 9.47 Å². The summed E-state index contributed by atoms with van der Waals surface area (Å²) in [5.41, 5.74) is 1.15. The molecule has 0 aliphatic carbocycles. The Kier molecular flexibility index (Phi) is 2.75. The van der Waals surface area contributed by atoms with E-state index in [9.17, 15) is 0 Å². The van der Waals surface area contributed by atoms with Crippen LogP contribution in [0, 0.1) is 0 Å². The Morgan fingerprint density at radius 3 is 2.16 bits per heavy atom. The van der Waals surface area contributed by atoms with Crippen molar-refractivity contribution >= 4 is 21.7 Å². The van der Waals surface area contributed by atoms with Crippen molar-refractivity contribution in [3.63, 3.8) is 0 Å². The highest BCUT2D eigenvalue weighted by molar-refractivity contribution is 6.04. The molecule has 0 spiro atoms. The summed E-state index contributed by atoms with van der Waals surface area (Å²) in [4.78, 5) is 0. The van der Waals surface area contributed by atoms with E-state index in [0.717, 1.165) is 17.0 Å². The Labute approximate surface area is 112 Å². The number of fused-ring (bicyclic) bond motifs is 3. The molecule has 3 nitrogen and oxygen atoms in total. The van der Waals surface area contributed by atoms with Crippen LogP contribution in [0.5, 0.6) is 11.5 Å². The second-order valence-electron chi connectivity index (χ2n) is 4.58. The van der Waals surface area contributed by atoms with Gasteiger partial charge in [-0.1, -0.05) is 0 Å². The average molecular weight is 254 g/mol. The quantitative estimate of drug-likeness (QED) is 0.518. The van der Waals surface area contributed by atoms with Gasteiger partial charge in [0.25, 0.3) is 0 Å².